The number of hydrogen-bond donors (Lipinski definition) is 1. The minimum absolute atomic E-state index is 0.144. The van der Waals surface area contributed by atoms with Crippen LogP contribution in [0.15, 0.2) is 72.8 Å². The third kappa shape index (κ3) is 5.61. The fourth-order valence-electron chi connectivity index (χ4n) is 4.18. The van der Waals surface area contributed by atoms with E-state index in [0.717, 1.165) is 0 Å². The molecule has 0 aliphatic carbocycles. The van der Waals surface area contributed by atoms with Crippen LogP contribution >= 0.6 is 0 Å². The van der Waals surface area contributed by atoms with Crippen molar-refractivity contribution in [3.8, 4) is 11.5 Å². The van der Waals surface area contributed by atoms with Crippen LogP contribution in [0.5, 0.6) is 11.5 Å². The van der Waals surface area contributed by atoms with E-state index < -0.39 is 11.6 Å². The van der Waals surface area contributed by atoms with Gasteiger partial charge in [0.2, 0.25) is 11.8 Å². The van der Waals surface area contributed by atoms with Crippen LogP contribution in [-0.2, 0) is 16.1 Å². The van der Waals surface area contributed by atoms with Crippen molar-refractivity contribution in [2.45, 2.75) is 45.3 Å². The highest BCUT2D eigenvalue weighted by molar-refractivity contribution is 6.03. The molecule has 9 nitrogen and oxygen atoms in total. The van der Waals surface area contributed by atoms with Gasteiger partial charge in [-0.1, -0.05) is 54.6 Å². The van der Waals surface area contributed by atoms with Gasteiger partial charge in [0.15, 0.2) is 0 Å². The molecule has 1 aromatic heterocycles. The van der Waals surface area contributed by atoms with E-state index in [1.807, 2.05) is 75.4 Å². The molecule has 1 atom stereocenters. The van der Waals surface area contributed by atoms with Crippen LogP contribution in [0.3, 0.4) is 0 Å². The number of ether oxygens (including phenoxy) is 2. The number of carbonyl (C=O) groups excluding carboxylic acids is 2. The highest BCUT2D eigenvalue weighted by atomic mass is 16.5. The Kier molecular flexibility index (Phi) is 7.95. The Labute approximate surface area is 222 Å². The van der Waals surface area contributed by atoms with Crippen LogP contribution in [-0.4, -0.2) is 46.6 Å². The van der Waals surface area contributed by atoms with Crippen molar-refractivity contribution in [2.75, 3.05) is 19.1 Å². The van der Waals surface area contributed by atoms with E-state index in [2.05, 4.69) is 15.6 Å². The first-order valence-electron chi connectivity index (χ1n) is 12.5. The van der Waals surface area contributed by atoms with Crippen molar-refractivity contribution in [1.29, 1.82) is 0 Å². The van der Waals surface area contributed by atoms with Crippen molar-refractivity contribution >= 4 is 28.5 Å². The van der Waals surface area contributed by atoms with Gasteiger partial charge in [-0.2, -0.15) is 0 Å². The number of para-hydroxylation sites is 1. The summed E-state index contributed by atoms with van der Waals surface area (Å²) in [6, 6.07) is 20.8. The maximum Gasteiger partial charge on any atom is 0.249 e. The lowest BCUT2D eigenvalue weighted by molar-refractivity contribution is -0.128. The quantitative estimate of drug-likeness (QED) is 0.333. The normalized spacial score (nSPS) is 12.1. The minimum atomic E-state index is -0.995. The van der Waals surface area contributed by atoms with Gasteiger partial charge in [-0.3, -0.25) is 14.5 Å². The Morgan fingerprint density at radius 3 is 2.39 bits per heavy atom. The summed E-state index contributed by atoms with van der Waals surface area (Å²) in [7, 11) is 3.07. The predicted octanol–water partition coefficient (Wildman–Crippen LogP) is 4.53. The first kappa shape index (κ1) is 26.7. The molecular formula is C29H33N5O4. The number of fused-ring (bicyclic) bond motifs is 1. The smallest absolute Gasteiger partial charge is 0.249 e. The van der Waals surface area contributed by atoms with Gasteiger partial charge in [-0.15, -0.1) is 5.10 Å². The summed E-state index contributed by atoms with van der Waals surface area (Å²) in [6.07, 6.45) is 0.710. The fraction of sp³-hybridized carbons (Fsp3) is 0.310. The zero-order valence-corrected chi connectivity index (χ0v) is 22.3. The number of aromatic nitrogens is 3. The van der Waals surface area contributed by atoms with Gasteiger partial charge in [-0.25, -0.2) is 4.68 Å². The SMILES string of the molecule is CCC(C)(C)NC(=O)[C@@H](c1ccccc1)N(C(=O)Cn1nnc2ccccc21)c1cc(OC)ccc1OC. The Balaban J connectivity index is 1.88. The second-order valence-corrected chi connectivity index (χ2v) is 9.58. The number of anilines is 1. The molecule has 9 heteroatoms. The summed E-state index contributed by atoms with van der Waals surface area (Å²) in [6.45, 7) is 5.76. The molecule has 0 spiro atoms. The van der Waals surface area contributed by atoms with Gasteiger partial charge in [-0.05, 0) is 50.1 Å². The van der Waals surface area contributed by atoms with E-state index in [4.69, 9.17) is 9.47 Å². The fourth-order valence-corrected chi connectivity index (χ4v) is 4.18. The van der Waals surface area contributed by atoms with Gasteiger partial charge < -0.3 is 14.8 Å². The van der Waals surface area contributed by atoms with Gasteiger partial charge in [0, 0.05) is 11.6 Å². The summed E-state index contributed by atoms with van der Waals surface area (Å²) in [4.78, 5) is 29.7. The van der Waals surface area contributed by atoms with E-state index in [1.54, 1.807) is 25.3 Å². The molecular weight excluding hydrogens is 482 g/mol. The van der Waals surface area contributed by atoms with Crippen molar-refractivity contribution in [3.05, 3.63) is 78.4 Å². The zero-order valence-electron chi connectivity index (χ0n) is 22.3. The molecule has 0 unspecified atom stereocenters. The molecule has 38 heavy (non-hydrogen) atoms. The average molecular weight is 516 g/mol. The molecule has 4 rings (SSSR count). The zero-order chi connectivity index (χ0) is 27.3. The van der Waals surface area contributed by atoms with E-state index in [9.17, 15) is 9.59 Å². The number of methoxy groups -OCH3 is 2. The lowest BCUT2D eigenvalue weighted by Gasteiger charge is -2.35. The molecule has 0 saturated carbocycles. The molecule has 1 N–H and O–H groups in total. The molecule has 0 bridgehead atoms. The van der Waals surface area contributed by atoms with Crippen LogP contribution in [0.1, 0.15) is 38.8 Å². The molecule has 1 heterocycles. The first-order chi connectivity index (χ1) is 18.3. The Hall–Kier alpha value is -4.40. The molecule has 0 radical (unpaired) electrons. The van der Waals surface area contributed by atoms with E-state index >= 15 is 0 Å². The largest absolute Gasteiger partial charge is 0.497 e. The summed E-state index contributed by atoms with van der Waals surface area (Å²) in [5.41, 5.74) is 1.96. The molecule has 0 aliphatic heterocycles. The standard InChI is InChI=1S/C29H33N5O4/c1-6-29(2,3)30-28(36)27(20-12-8-7-9-13-20)34(24-18-21(37-4)16-17-25(24)38-5)26(35)19-33-23-15-11-10-14-22(23)31-32-33/h7-18,27H,6,19H2,1-5H3,(H,30,36)/t27-/m1/s1. The molecule has 3 aromatic carbocycles. The van der Waals surface area contributed by atoms with E-state index in [0.29, 0.717) is 40.2 Å². The molecule has 2 amide bonds. The van der Waals surface area contributed by atoms with Gasteiger partial charge in [0.25, 0.3) is 0 Å². The van der Waals surface area contributed by atoms with Gasteiger partial charge >= 0.3 is 0 Å². The van der Waals surface area contributed by atoms with Crippen LogP contribution in [0.25, 0.3) is 11.0 Å². The van der Waals surface area contributed by atoms with E-state index in [1.165, 1.54) is 16.7 Å². The van der Waals surface area contributed by atoms with Crippen LogP contribution in [0, 0.1) is 0 Å². The second kappa shape index (κ2) is 11.3. The maximum atomic E-state index is 14.2. The average Bonchev–Trinajstić information content (AvgIpc) is 3.34. The third-order valence-corrected chi connectivity index (χ3v) is 6.59. The number of nitrogens with one attached hydrogen (secondary N) is 1. The predicted molar refractivity (Wildman–Crippen MR) is 146 cm³/mol. The van der Waals surface area contributed by atoms with Crippen molar-refractivity contribution in [3.63, 3.8) is 0 Å². The Morgan fingerprint density at radius 1 is 1.00 bits per heavy atom. The van der Waals surface area contributed by atoms with E-state index in [-0.39, 0.29) is 18.4 Å². The van der Waals surface area contributed by atoms with Crippen molar-refractivity contribution in [2.24, 2.45) is 0 Å². The third-order valence-electron chi connectivity index (χ3n) is 6.59. The summed E-state index contributed by atoms with van der Waals surface area (Å²) in [5.74, 6) is 0.257. The number of nitrogens with zero attached hydrogens (tertiary/aromatic N) is 4. The highest BCUT2D eigenvalue weighted by Gasteiger charge is 2.36. The first-order valence-corrected chi connectivity index (χ1v) is 12.5. The second-order valence-electron chi connectivity index (χ2n) is 9.58. The Bertz CT molecular complexity index is 1420. The molecule has 0 aliphatic rings. The topological polar surface area (TPSA) is 98.6 Å². The van der Waals surface area contributed by atoms with Crippen LogP contribution in [0.4, 0.5) is 5.69 Å². The number of amides is 2. The van der Waals surface area contributed by atoms with Crippen LogP contribution < -0.4 is 19.7 Å². The molecule has 4 aromatic rings. The minimum Gasteiger partial charge on any atom is -0.497 e. The highest BCUT2D eigenvalue weighted by Crippen LogP contribution is 2.38. The molecule has 0 fully saturated rings. The summed E-state index contributed by atoms with van der Waals surface area (Å²) >= 11 is 0. The molecule has 198 valence electrons. The van der Waals surface area contributed by atoms with Crippen LogP contribution in [0.2, 0.25) is 0 Å². The Morgan fingerprint density at radius 2 is 1.71 bits per heavy atom. The monoisotopic (exact) mass is 515 g/mol. The maximum absolute atomic E-state index is 14.2. The lowest BCUT2D eigenvalue weighted by Crippen LogP contribution is -2.51. The summed E-state index contributed by atoms with van der Waals surface area (Å²) < 4.78 is 12.7. The lowest BCUT2D eigenvalue weighted by atomic mass is 9.98. The number of hydrogen-bond acceptors (Lipinski definition) is 6. The van der Waals surface area contributed by atoms with Crippen molar-refractivity contribution in [1.82, 2.24) is 20.3 Å². The summed E-state index contributed by atoms with van der Waals surface area (Å²) in [5, 5.41) is 11.5. The number of benzene rings is 3. The number of carbonyl (C=O) groups is 2. The molecule has 0 saturated heterocycles. The van der Waals surface area contributed by atoms with Crippen molar-refractivity contribution < 1.29 is 19.1 Å². The van der Waals surface area contributed by atoms with Gasteiger partial charge in [0.05, 0.1) is 25.4 Å². The van der Waals surface area contributed by atoms with Gasteiger partial charge in [0.1, 0.15) is 29.6 Å². The number of rotatable bonds is 10.